The Bertz CT molecular complexity index is 1300. The largest absolute Gasteiger partial charge is 0.484 e. The Kier molecular flexibility index (Phi) is 5.83. The quantitative estimate of drug-likeness (QED) is 0.452. The molecule has 4 aromatic rings. The summed E-state index contributed by atoms with van der Waals surface area (Å²) in [7, 11) is 0. The molecule has 9 heteroatoms. The fraction of sp³-hybridized carbons (Fsp3) is 0.250. The van der Waals surface area contributed by atoms with Crippen LogP contribution in [0.2, 0.25) is 5.02 Å². The minimum Gasteiger partial charge on any atom is -0.484 e. The van der Waals surface area contributed by atoms with E-state index in [9.17, 15) is 4.79 Å². The molecule has 0 N–H and O–H groups in total. The second kappa shape index (κ2) is 9.07. The Labute approximate surface area is 196 Å². The van der Waals surface area contributed by atoms with E-state index in [1.165, 1.54) is 0 Å². The Balaban J connectivity index is 1.27. The van der Waals surface area contributed by atoms with E-state index in [2.05, 4.69) is 20.0 Å². The number of benzene rings is 2. The maximum absolute atomic E-state index is 12.7. The van der Waals surface area contributed by atoms with Crippen molar-refractivity contribution in [1.82, 2.24) is 24.6 Å². The van der Waals surface area contributed by atoms with Crippen molar-refractivity contribution in [3.05, 3.63) is 71.6 Å². The summed E-state index contributed by atoms with van der Waals surface area (Å²) < 4.78 is 7.49. The van der Waals surface area contributed by atoms with Crippen LogP contribution in [0.15, 0.2) is 61.1 Å². The van der Waals surface area contributed by atoms with Crippen LogP contribution in [-0.2, 0) is 4.79 Å². The molecule has 0 atom stereocenters. The molecule has 0 spiro atoms. The van der Waals surface area contributed by atoms with Crippen LogP contribution in [0.5, 0.6) is 5.75 Å². The Morgan fingerprint density at radius 2 is 1.88 bits per heavy atom. The van der Waals surface area contributed by atoms with Crippen molar-refractivity contribution >= 4 is 34.4 Å². The van der Waals surface area contributed by atoms with Gasteiger partial charge in [-0.3, -0.25) is 4.79 Å². The van der Waals surface area contributed by atoms with Crippen LogP contribution < -0.4 is 9.64 Å². The van der Waals surface area contributed by atoms with Gasteiger partial charge in [-0.1, -0.05) is 35.9 Å². The highest BCUT2D eigenvalue weighted by Gasteiger charge is 2.24. The summed E-state index contributed by atoms with van der Waals surface area (Å²) in [5.74, 6) is 1.54. The molecule has 2 aromatic carbocycles. The minimum absolute atomic E-state index is 0.0143. The van der Waals surface area contributed by atoms with Crippen LogP contribution in [0.25, 0.3) is 16.7 Å². The first-order valence-corrected chi connectivity index (χ1v) is 11.1. The third-order valence-corrected chi connectivity index (χ3v) is 6.01. The lowest BCUT2D eigenvalue weighted by molar-refractivity contribution is -0.133. The van der Waals surface area contributed by atoms with Gasteiger partial charge in [0.05, 0.1) is 17.3 Å². The van der Waals surface area contributed by atoms with Gasteiger partial charge in [-0.25, -0.2) is 14.6 Å². The molecule has 5 rings (SSSR count). The first-order chi connectivity index (χ1) is 16.1. The normalized spacial score (nSPS) is 14.0. The number of hydrogen-bond donors (Lipinski definition) is 0. The van der Waals surface area contributed by atoms with Gasteiger partial charge in [0, 0.05) is 31.2 Å². The number of ether oxygens (including phenoxy) is 1. The summed E-state index contributed by atoms with van der Waals surface area (Å²) in [4.78, 5) is 25.6. The number of piperazine rings is 1. The predicted molar refractivity (Wildman–Crippen MR) is 127 cm³/mol. The van der Waals surface area contributed by atoms with Gasteiger partial charge < -0.3 is 14.5 Å². The average Bonchev–Trinajstić information content (AvgIpc) is 3.28. The highest BCUT2D eigenvalue weighted by Crippen LogP contribution is 2.26. The molecule has 0 radical (unpaired) electrons. The standard InChI is InChI=1S/C24H23ClN6O2/c1-17-5-2-3-8-21(17)33-15-22(32)29-9-11-30(12-10-29)23-20-14-28-31(24(20)27-16-26-23)19-7-4-6-18(25)13-19/h2-8,13-14,16H,9-12,15H2,1H3. The molecule has 1 amide bonds. The predicted octanol–water partition coefficient (Wildman–Crippen LogP) is 3.50. The van der Waals surface area contributed by atoms with Crippen molar-refractivity contribution in [1.29, 1.82) is 0 Å². The molecular weight excluding hydrogens is 440 g/mol. The number of aryl methyl sites for hydroxylation is 1. The lowest BCUT2D eigenvalue weighted by Crippen LogP contribution is -2.50. The third kappa shape index (κ3) is 4.34. The molecular formula is C24H23ClN6O2. The van der Waals surface area contributed by atoms with Crippen LogP contribution in [0.1, 0.15) is 5.56 Å². The smallest absolute Gasteiger partial charge is 0.260 e. The molecule has 3 heterocycles. The SMILES string of the molecule is Cc1ccccc1OCC(=O)N1CCN(c2ncnc3c2cnn3-c2cccc(Cl)c2)CC1. The van der Waals surface area contributed by atoms with Gasteiger partial charge >= 0.3 is 0 Å². The van der Waals surface area contributed by atoms with Gasteiger partial charge in [-0.15, -0.1) is 0 Å². The summed E-state index contributed by atoms with van der Waals surface area (Å²) in [5, 5.41) is 6.01. The second-order valence-corrected chi connectivity index (χ2v) is 8.33. The lowest BCUT2D eigenvalue weighted by Gasteiger charge is -2.35. The average molecular weight is 463 g/mol. The zero-order chi connectivity index (χ0) is 22.8. The first kappa shape index (κ1) is 21.2. The monoisotopic (exact) mass is 462 g/mol. The number of fused-ring (bicyclic) bond motifs is 1. The first-order valence-electron chi connectivity index (χ1n) is 10.8. The highest BCUT2D eigenvalue weighted by atomic mass is 35.5. The number of para-hydroxylation sites is 1. The lowest BCUT2D eigenvalue weighted by atomic mass is 10.2. The number of halogens is 1. The van der Waals surface area contributed by atoms with E-state index in [1.54, 1.807) is 17.2 Å². The van der Waals surface area contributed by atoms with Crippen LogP contribution in [0, 0.1) is 6.92 Å². The number of anilines is 1. The third-order valence-electron chi connectivity index (χ3n) is 5.77. The number of rotatable bonds is 5. The van der Waals surface area contributed by atoms with Crippen molar-refractivity contribution < 1.29 is 9.53 Å². The van der Waals surface area contributed by atoms with Gasteiger partial charge in [0.1, 0.15) is 17.9 Å². The van der Waals surface area contributed by atoms with Gasteiger partial charge in [0.2, 0.25) is 0 Å². The van der Waals surface area contributed by atoms with E-state index < -0.39 is 0 Å². The number of carbonyl (C=O) groups is 1. The van der Waals surface area contributed by atoms with Crippen LogP contribution in [0.3, 0.4) is 0 Å². The van der Waals surface area contributed by atoms with Crippen molar-refractivity contribution in [2.24, 2.45) is 0 Å². The zero-order valence-electron chi connectivity index (χ0n) is 18.2. The molecule has 0 bridgehead atoms. The van der Waals surface area contributed by atoms with E-state index in [-0.39, 0.29) is 12.5 Å². The van der Waals surface area contributed by atoms with E-state index in [1.807, 2.05) is 60.4 Å². The fourth-order valence-electron chi connectivity index (χ4n) is 4.00. The topological polar surface area (TPSA) is 76.4 Å². The Morgan fingerprint density at radius 1 is 1.06 bits per heavy atom. The summed E-state index contributed by atoms with van der Waals surface area (Å²) in [6.45, 7) is 4.55. The highest BCUT2D eigenvalue weighted by molar-refractivity contribution is 6.30. The van der Waals surface area contributed by atoms with Crippen LogP contribution in [0.4, 0.5) is 5.82 Å². The van der Waals surface area contributed by atoms with Gasteiger partial charge in [0.15, 0.2) is 12.3 Å². The molecule has 1 fully saturated rings. The Hall–Kier alpha value is -3.65. The number of carbonyl (C=O) groups excluding carboxylic acids is 1. The van der Waals surface area contributed by atoms with Crippen LogP contribution in [-0.4, -0.2) is 63.3 Å². The summed E-state index contributed by atoms with van der Waals surface area (Å²) >= 11 is 6.15. The molecule has 1 aliphatic rings. The van der Waals surface area contributed by atoms with E-state index in [0.717, 1.165) is 28.2 Å². The van der Waals surface area contributed by atoms with E-state index in [4.69, 9.17) is 16.3 Å². The van der Waals surface area contributed by atoms with Crippen molar-refractivity contribution in [3.63, 3.8) is 0 Å². The molecule has 168 valence electrons. The van der Waals surface area contributed by atoms with Gasteiger partial charge in [-0.05, 0) is 36.8 Å². The second-order valence-electron chi connectivity index (χ2n) is 7.89. The molecule has 0 saturated carbocycles. The van der Waals surface area contributed by atoms with Crippen LogP contribution >= 0.6 is 11.6 Å². The van der Waals surface area contributed by atoms with Crippen molar-refractivity contribution in [2.75, 3.05) is 37.7 Å². The molecule has 8 nitrogen and oxygen atoms in total. The molecule has 0 aliphatic carbocycles. The van der Waals surface area contributed by atoms with Crippen molar-refractivity contribution in [2.45, 2.75) is 6.92 Å². The fourth-order valence-corrected chi connectivity index (χ4v) is 4.18. The molecule has 1 saturated heterocycles. The van der Waals surface area contributed by atoms with E-state index >= 15 is 0 Å². The number of nitrogens with zero attached hydrogens (tertiary/aromatic N) is 6. The molecule has 33 heavy (non-hydrogen) atoms. The van der Waals surface area contributed by atoms with Crippen molar-refractivity contribution in [3.8, 4) is 11.4 Å². The zero-order valence-corrected chi connectivity index (χ0v) is 18.9. The summed E-state index contributed by atoms with van der Waals surface area (Å²) in [6, 6.07) is 15.2. The van der Waals surface area contributed by atoms with Gasteiger partial charge in [-0.2, -0.15) is 5.10 Å². The molecule has 1 aliphatic heterocycles. The number of amides is 1. The Morgan fingerprint density at radius 3 is 2.67 bits per heavy atom. The molecule has 0 unspecified atom stereocenters. The molecule has 2 aromatic heterocycles. The minimum atomic E-state index is -0.0143. The summed E-state index contributed by atoms with van der Waals surface area (Å²) in [6.07, 6.45) is 3.33. The maximum atomic E-state index is 12.7. The van der Waals surface area contributed by atoms with E-state index in [0.29, 0.717) is 36.8 Å². The van der Waals surface area contributed by atoms with Gasteiger partial charge in [0.25, 0.3) is 5.91 Å². The number of hydrogen-bond acceptors (Lipinski definition) is 6. The maximum Gasteiger partial charge on any atom is 0.260 e. The number of aromatic nitrogens is 4. The summed E-state index contributed by atoms with van der Waals surface area (Å²) in [5.41, 5.74) is 2.57.